The average molecular weight is 432 g/mol. The lowest BCUT2D eigenvalue weighted by atomic mass is 10.1. The lowest BCUT2D eigenvalue weighted by Gasteiger charge is -2.06. The molecule has 0 unspecified atom stereocenters. The molecule has 0 aliphatic heterocycles. The second kappa shape index (κ2) is 7.46. The number of halogens is 6. The van der Waals surface area contributed by atoms with E-state index in [-0.39, 0.29) is 23.5 Å². The van der Waals surface area contributed by atoms with Crippen LogP contribution in [0, 0.1) is 0 Å². The molecular weight excluding hydrogens is 418 g/mol. The monoisotopic (exact) mass is 432 g/mol. The van der Waals surface area contributed by atoms with E-state index in [1.807, 2.05) is 0 Å². The fourth-order valence-electron chi connectivity index (χ4n) is 2.64. The highest BCUT2D eigenvalue weighted by molar-refractivity contribution is 5.92. The molecule has 1 amide bonds. The number of amides is 1. The molecule has 30 heavy (non-hydrogen) atoms. The van der Waals surface area contributed by atoms with Gasteiger partial charge in [0.2, 0.25) is 0 Å². The van der Waals surface area contributed by atoms with Crippen LogP contribution in [0.2, 0.25) is 0 Å². The van der Waals surface area contributed by atoms with E-state index in [0.29, 0.717) is 11.8 Å². The summed E-state index contributed by atoms with van der Waals surface area (Å²) in [7, 11) is 2.72. The van der Waals surface area contributed by atoms with E-state index in [1.165, 1.54) is 30.9 Å². The zero-order valence-corrected chi connectivity index (χ0v) is 15.5. The normalized spacial score (nSPS) is 12.3. The Bertz CT molecular complexity index is 1080. The van der Waals surface area contributed by atoms with Crippen molar-refractivity contribution in [2.75, 3.05) is 0 Å². The second-order valence-electron chi connectivity index (χ2n) is 6.29. The molecule has 0 bridgehead atoms. The predicted molar refractivity (Wildman–Crippen MR) is 90.8 cm³/mol. The van der Waals surface area contributed by atoms with Crippen LogP contribution >= 0.6 is 0 Å². The van der Waals surface area contributed by atoms with Gasteiger partial charge < -0.3 is 5.32 Å². The molecule has 0 aromatic carbocycles. The molecule has 1 N–H and O–H groups in total. The van der Waals surface area contributed by atoms with Gasteiger partial charge in [-0.1, -0.05) is 0 Å². The molecule has 13 heteroatoms. The van der Waals surface area contributed by atoms with Crippen molar-refractivity contribution >= 4 is 5.91 Å². The van der Waals surface area contributed by atoms with Crippen LogP contribution in [0.1, 0.15) is 27.6 Å². The van der Waals surface area contributed by atoms with Gasteiger partial charge in [0.25, 0.3) is 5.91 Å². The average Bonchev–Trinajstić information content (AvgIpc) is 3.22. The number of aromatic nitrogens is 5. The number of nitrogens with one attached hydrogen (secondary N) is 1. The summed E-state index contributed by atoms with van der Waals surface area (Å²) >= 11 is 0. The van der Waals surface area contributed by atoms with Crippen molar-refractivity contribution in [3.8, 4) is 11.3 Å². The first-order valence-corrected chi connectivity index (χ1v) is 8.32. The van der Waals surface area contributed by atoms with E-state index in [0.717, 1.165) is 16.9 Å². The van der Waals surface area contributed by atoms with Gasteiger partial charge >= 0.3 is 12.4 Å². The maximum Gasteiger partial charge on any atom is 0.435 e. The number of rotatable bonds is 4. The summed E-state index contributed by atoms with van der Waals surface area (Å²) in [6, 6.07) is 4.28. The van der Waals surface area contributed by atoms with E-state index >= 15 is 0 Å². The standard InChI is InChI=1S/C17H14F6N6O/c1-28-10(6-11(26-28)9-3-4-24-13(5-9)16(18,19)20)8-25-15(30)12-7-14(17(21,22)23)27-29(12)2/h3-7H,8H2,1-2H3,(H,25,30). The molecule has 0 saturated heterocycles. The van der Waals surface area contributed by atoms with Gasteiger partial charge in [0.1, 0.15) is 11.4 Å². The van der Waals surface area contributed by atoms with Crippen LogP contribution < -0.4 is 5.32 Å². The molecule has 0 spiro atoms. The largest absolute Gasteiger partial charge is 0.435 e. The van der Waals surface area contributed by atoms with Gasteiger partial charge in [0.05, 0.1) is 17.9 Å². The van der Waals surface area contributed by atoms with Crippen molar-refractivity contribution < 1.29 is 31.1 Å². The van der Waals surface area contributed by atoms with E-state index in [2.05, 4.69) is 20.5 Å². The first kappa shape index (κ1) is 21.3. The predicted octanol–water partition coefficient (Wildman–Crippen LogP) is 3.18. The van der Waals surface area contributed by atoms with Gasteiger partial charge in [-0.05, 0) is 18.2 Å². The van der Waals surface area contributed by atoms with Gasteiger partial charge in [0, 0.05) is 31.9 Å². The Morgan fingerprint density at radius 3 is 2.23 bits per heavy atom. The minimum Gasteiger partial charge on any atom is -0.345 e. The number of aryl methyl sites for hydroxylation is 2. The summed E-state index contributed by atoms with van der Waals surface area (Å²) in [5, 5.41) is 9.82. The van der Waals surface area contributed by atoms with Crippen LogP contribution in [0.3, 0.4) is 0 Å². The molecule has 0 fully saturated rings. The number of hydrogen-bond acceptors (Lipinski definition) is 4. The quantitative estimate of drug-likeness (QED) is 0.643. The Labute approximate surface area is 165 Å². The molecule has 3 aromatic rings. The lowest BCUT2D eigenvalue weighted by Crippen LogP contribution is -2.26. The zero-order valence-electron chi connectivity index (χ0n) is 15.5. The van der Waals surface area contributed by atoms with Crippen LogP contribution in [0.5, 0.6) is 0 Å². The Hall–Kier alpha value is -3.38. The van der Waals surface area contributed by atoms with Gasteiger partial charge in [-0.3, -0.25) is 19.1 Å². The summed E-state index contributed by atoms with van der Waals surface area (Å²) in [4.78, 5) is 15.5. The Kier molecular flexibility index (Phi) is 5.31. The molecule has 3 aromatic heterocycles. The molecule has 3 rings (SSSR count). The minimum absolute atomic E-state index is 0.119. The molecule has 3 heterocycles. The van der Waals surface area contributed by atoms with E-state index < -0.39 is 29.6 Å². The van der Waals surface area contributed by atoms with Gasteiger partial charge in [-0.15, -0.1) is 0 Å². The number of alkyl halides is 6. The fourth-order valence-corrected chi connectivity index (χ4v) is 2.64. The summed E-state index contributed by atoms with van der Waals surface area (Å²) in [5.41, 5.74) is -1.76. The first-order valence-electron chi connectivity index (χ1n) is 8.32. The summed E-state index contributed by atoms with van der Waals surface area (Å²) < 4.78 is 78.8. The van der Waals surface area contributed by atoms with E-state index in [4.69, 9.17) is 0 Å². The molecule has 0 atom stereocenters. The third-order valence-corrected chi connectivity index (χ3v) is 4.16. The third-order valence-electron chi connectivity index (χ3n) is 4.16. The fraction of sp³-hybridized carbons (Fsp3) is 0.294. The first-order chi connectivity index (χ1) is 13.9. The second-order valence-corrected chi connectivity index (χ2v) is 6.29. The Balaban J connectivity index is 1.76. The number of nitrogens with zero attached hydrogens (tertiary/aromatic N) is 5. The van der Waals surface area contributed by atoms with Gasteiger partial charge in [-0.2, -0.15) is 36.5 Å². The van der Waals surface area contributed by atoms with Crippen molar-refractivity contribution in [2.24, 2.45) is 14.1 Å². The van der Waals surface area contributed by atoms with Gasteiger partial charge in [0.15, 0.2) is 5.69 Å². The Morgan fingerprint density at radius 1 is 0.967 bits per heavy atom. The molecule has 7 nitrogen and oxygen atoms in total. The molecule has 0 radical (unpaired) electrons. The summed E-state index contributed by atoms with van der Waals surface area (Å²) in [6.07, 6.45) is -8.29. The van der Waals surface area contributed by atoms with Gasteiger partial charge in [-0.25, -0.2) is 0 Å². The van der Waals surface area contributed by atoms with Crippen molar-refractivity contribution in [1.29, 1.82) is 0 Å². The van der Waals surface area contributed by atoms with Crippen molar-refractivity contribution in [2.45, 2.75) is 18.9 Å². The summed E-state index contributed by atoms with van der Waals surface area (Å²) in [5.74, 6) is -0.800. The number of hydrogen-bond donors (Lipinski definition) is 1. The molecule has 0 saturated carbocycles. The SMILES string of the molecule is Cn1nc(-c2ccnc(C(F)(F)F)c2)cc1CNC(=O)c1cc(C(F)(F)F)nn1C. The maximum atomic E-state index is 12.8. The lowest BCUT2D eigenvalue weighted by molar-refractivity contribution is -0.142. The molecule has 0 aliphatic carbocycles. The van der Waals surface area contributed by atoms with E-state index in [9.17, 15) is 31.1 Å². The van der Waals surface area contributed by atoms with Crippen molar-refractivity contribution in [3.05, 3.63) is 53.2 Å². The molecular formula is C17H14F6N6O. The highest BCUT2D eigenvalue weighted by Gasteiger charge is 2.35. The highest BCUT2D eigenvalue weighted by atomic mass is 19.4. The number of carbonyl (C=O) groups excluding carboxylic acids is 1. The van der Waals surface area contributed by atoms with Crippen LogP contribution in [-0.2, 0) is 33.0 Å². The molecule has 0 aliphatic rings. The highest BCUT2D eigenvalue weighted by Crippen LogP contribution is 2.30. The van der Waals surface area contributed by atoms with Crippen molar-refractivity contribution in [3.63, 3.8) is 0 Å². The summed E-state index contributed by atoms with van der Waals surface area (Å²) in [6.45, 7) is -0.119. The van der Waals surface area contributed by atoms with Crippen molar-refractivity contribution in [1.82, 2.24) is 29.9 Å². The van der Waals surface area contributed by atoms with Crippen LogP contribution in [0.15, 0.2) is 30.5 Å². The zero-order chi connectivity index (χ0) is 22.3. The smallest absolute Gasteiger partial charge is 0.345 e. The minimum atomic E-state index is -4.69. The number of pyridine rings is 1. The van der Waals surface area contributed by atoms with Crippen LogP contribution in [0.25, 0.3) is 11.3 Å². The van der Waals surface area contributed by atoms with E-state index in [1.54, 1.807) is 0 Å². The van der Waals surface area contributed by atoms with Crippen LogP contribution in [0.4, 0.5) is 26.3 Å². The Morgan fingerprint density at radius 2 is 1.63 bits per heavy atom. The number of carbonyl (C=O) groups is 1. The van der Waals surface area contributed by atoms with Crippen LogP contribution in [-0.4, -0.2) is 30.5 Å². The molecule has 160 valence electrons. The third kappa shape index (κ3) is 4.44. The topological polar surface area (TPSA) is 77.6 Å². The maximum absolute atomic E-state index is 12.8.